The van der Waals surface area contributed by atoms with Gasteiger partial charge in [0.25, 0.3) is 0 Å². The Morgan fingerprint density at radius 3 is 2.47 bits per heavy atom. The van der Waals surface area contributed by atoms with Gasteiger partial charge in [-0.1, -0.05) is 20.8 Å². The van der Waals surface area contributed by atoms with Crippen molar-refractivity contribution in [1.82, 2.24) is 14.5 Å². The summed E-state index contributed by atoms with van der Waals surface area (Å²) in [6.07, 6.45) is -1.05. The number of fused-ring (bicyclic) bond motifs is 1. The third kappa shape index (κ3) is 4.31. The molecule has 0 saturated carbocycles. The topological polar surface area (TPSA) is 173 Å². The van der Waals surface area contributed by atoms with Gasteiger partial charge in [-0.15, -0.1) is 0 Å². The van der Waals surface area contributed by atoms with Crippen LogP contribution in [-0.2, 0) is 13.8 Å². The highest BCUT2D eigenvalue weighted by Gasteiger charge is 2.51. The van der Waals surface area contributed by atoms with E-state index in [1.807, 2.05) is 0 Å². The zero-order valence-corrected chi connectivity index (χ0v) is 19.6. The number of hydrogen-bond acceptors (Lipinski definition) is 9. The molecule has 1 fully saturated rings. The molecule has 1 aliphatic heterocycles. The normalized spacial score (nSPS) is 28.0. The Morgan fingerprint density at radius 2 is 1.88 bits per heavy atom. The van der Waals surface area contributed by atoms with E-state index in [1.54, 1.807) is 44.5 Å². The van der Waals surface area contributed by atoms with Gasteiger partial charge in [-0.2, -0.15) is 0 Å². The molecule has 0 spiro atoms. The first-order valence-electron chi connectivity index (χ1n) is 10.8. The van der Waals surface area contributed by atoms with E-state index in [4.69, 9.17) is 15.0 Å². The quantitative estimate of drug-likeness (QED) is 0.339. The van der Waals surface area contributed by atoms with Crippen molar-refractivity contribution in [3.63, 3.8) is 0 Å². The van der Waals surface area contributed by atoms with Crippen LogP contribution >= 0.6 is 7.60 Å². The zero-order chi connectivity index (χ0) is 23.9. The molecule has 1 aliphatic rings. The Morgan fingerprint density at radius 1 is 1.22 bits per heavy atom. The van der Waals surface area contributed by atoms with Gasteiger partial charge in [0, 0.05) is 12.6 Å². The standard InChI is InChI=1S/C20H33N4O7P/c1-5-19(4,31-32(28,29)20(27,6-2)7-3)10-13-14(25)15(26)18(30-13)24-9-8-12-16(21)22-11-23-17(12)24/h8-9,11,13-15,18,25-27H,5-7,10H2,1-4H3,(H,28,29)(H2,21,22,23)/t13-,14-,15-,18-,19?/m1/s1. The molecule has 0 aliphatic carbocycles. The Labute approximate surface area is 186 Å². The predicted octanol–water partition coefficient (Wildman–Crippen LogP) is 1.90. The van der Waals surface area contributed by atoms with E-state index in [0.717, 1.165) is 0 Å². The van der Waals surface area contributed by atoms with Crippen LogP contribution in [0.15, 0.2) is 18.6 Å². The van der Waals surface area contributed by atoms with E-state index in [2.05, 4.69) is 9.97 Å². The lowest BCUT2D eigenvalue weighted by atomic mass is 9.93. The Hall–Kier alpha value is -1.59. The van der Waals surface area contributed by atoms with Gasteiger partial charge in [-0.25, -0.2) is 9.97 Å². The van der Waals surface area contributed by atoms with E-state index in [9.17, 15) is 24.8 Å². The fraction of sp³-hybridized carbons (Fsp3) is 0.700. The number of anilines is 1. The molecule has 0 radical (unpaired) electrons. The van der Waals surface area contributed by atoms with Crippen LogP contribution in [0.5, 0.6) is 0 Å². The molecule has 2 unspecified atom stereocenters. The number of rotatable bonds is 9. The predicted molar refractivity (Wildman–Crippen MR) is 118 cm³/mol. The molecule has 0 amide bonds. The first-order valence-corrected chi connectivity index (χ1v) is 12.3. The van der Waals surface area contributed by atoms with Gasteiger partial charge in [0.1, 0.15) is 30.0 Å². The lowest BCUT2D eigenvalue weighted by Crippen LogP contribution is -2.40. The molecule has 6 N–H and O–H groups in total. The number of nitrogens with zero attached hydrogens (tertiary/aromatic N) is 3. The molecule has 12 heteroatoms. The lowest BCUT2D eigenvalue weighted by molar-refractivity contribution is -0.0695. The van der Waals surface area contributed by atoms with Gasteiger partial charge in [0.05, 0.1) is 17.1 Å². The average molecular weight is 472 g/mol. The largest absolute Gasteiger partial charge is 0.388 e. The Balaban J connectivity index is 1.83. The van der Waals surface area contributed by atoms with Crippen molar-refractivity contribution in [2.24, 2.45) is 0 Å². The van der Waals surface area contributed by atoms with Gasteiger partial charge in [-0.05, 0) is 32.3 Å². The summed E-state index contributed by atoms with van der Waals surface area (Å²) in [5.74, 6) is 0.281. The van der Waals surface area contributed by atoms with E-state index >= 15 is 0 Å². The van der Waals surface area contributed by atoms with Crippen molar-refractivity contribution in [2.75, 3.05) is 5.73 Å². The first kappa shape index (κ1) is 25.0. The monoisotopic (exact) mass is 472 g/mol. The number of hydrogen-bond donors (Lipinski definition) is 5. The number of aromatic nitrogens is 3. The van der Waals surface area contributed by atoms with Gasteiger partial charge < -0.3 is 39.8 Å². The van der Waals surface area contributed by atoms with Crippen LogP contribution in [0.3, 0.4) is 0 Å². The molecule has 1 saturated heterocycles. The maximum absolute atomic E-state index is 12.9. The lowest BCUT2D eigenvalue weighted by Gasteiger charge is -2.38. The number of aliphatic hydroxyl groups excluding tert-OH is 2. The highest BCUT2D eigenvalue weighted by molar-refractivity contribution is 7.54. The highest BCUT2D eigenvalue weighted by atomic mass is 31.2. The summed E-state index contributed by atoms with van der Waals surface area (Å²) in [6.45, 7) is 6.62. The summed E-state index contributed by atoms with van der Waals surface area (Å²) in [5.41, 5.74) is 5.12. The van der Waals surface area contributed by atoms with Gasteiger partial charge >= 0.3 is 7.60 Å². The van der Waals surface area contributed by atoms with Crippen LogP contribution in [0.1, 0.15) is 59.6 Å². The van der Waals surface area contributed by atoms with Crippen molar-refractivity contribution in [3.05, 3.63) is 18.6 Å². The Kier molecular flexibility index (Phi) is 7.03. The van der Waals surface area contributed by atoms with Crippen LogP contribution in [0.25, 0.3) is 11.0 Å². The van der Waals surface area contributed by atoms with E-state index < -0.39 is 43.1 Å². The smallest absolute Gasteiger partial charge is 0.359 e. The second-order valence-corrected chi connectivity index (χ2v) is 10.6. The summed E-state index contributed by atoms with van der Waals surface area (Å²) < 4.78 is 26.1. The average Bonchev–Trinajstić information content (AvgIpc) is 3.30. The summed E-state index contributed by atoms with van der Waals surface area (Å²) in [6, 6.07) is 1.69. The van der Waals surface area contributed by atoms with Crippen LogP contribution < -0.4 is 5.73 Å². The molecule has 32 heavy (non-hydrogen) atoms. The van der Waals surface area contributed by atoms with E-state index in [-0.39, 0.29) is 25.1 Å². The molecule has 2 aromatic heterocycles. The first-order chi connectivity index (χ1) is 14.9. The summed E-state index contributed by atoms with van der Waals surface area (Å²) >= 11 is 0. The van der Waals surface area contributed by atoms with Crippen LogP contribution in [0.4, 0.5) is 5.82 Å². The van der Waals surface area contributed by atoms with Crippen molar-refractivity contribution >= 4 is 24.4 Å². The van der Waals surface area contributed by atoms with Crippen molar-refractivity contribution in [3.8, 4) is 0 Å². The van der Waals surface area contributed by atoms with Crippen molar-refractivity contribution in [2.45, 2.75) is 88.9 Å². The number of nitrogens with two attached hydrogens (primary N) is 1. The van der Waals surface area contributed by atoms with E-state index in [0.29, 0.717) is 17.5 Å². The molecule has 6 atom stereocenters. The van der Waals surface area contributed by atoms with E-state index in [1.165, 1.54) is 6.33 Å². The summed E-state index contributed by atoms with van der Waals surface area (Å²) in [4.78, 5) is 18.7. The van der Waals surface area contributed by atoms with Crippen molar-refractivity contribution in [1.29, 1.82) is 0 Å². The van der Waals surface area contributed by atoms with Crippen LogP contribution in [0.2, 0.25) is 0 Å². The summed E-state index contributed by atoms with van der Waals surface area (Å²) in [7, 11) is -4.43. The molecule has 180 valence electrons. The van der Waals surface area contributed by atoms with Crippen LogP contribution in [0, 0.1) is 0 Å². The van der Waals surface area contributed by atoms with Gasteiger partial charge in [0.15, 0.2) is 11.6 Å². The molecule has 0 aromatic carbocycles. The molecule has 3 heterocycles. The molecular weight excluding hydrogens is 439 g/mol. The Bertz CT molecular complexity index is 997. The molecular formula is C20H33N4O7P. The molecule has 2 aromatic rings. The van der Waals surface area contributed by atoms with Gasteiger partial charge in [0.2, 0.25) is 0 Å². The molecule has 0 bridgehead atoms. The highest BCUT2D eigenvalue weighted by Crippen LogP contribution is 2.60. The minimum atomic E-state index is -4.43. The maximum atomic E-state index is 12.9. The fourth-order valence-corrected chi connectivity index (χ4v) is 5.80. The molecule has 11 nitrogen and oxygen atoms in total. The molecule has 3 rings (SSSR count). The number of nitrogen functional groups attached to an aromatic ring is 1. The summed E-state index contributed by atoms with van der Waals surface area (Å²) in [5, 5.41) is 30.7. The third-order valence-corrected chi connectivity index (χ3v) is 8.91. The van der Waals surface area contributed by atoms with Gasteiger partial charge in [-0.3, -0.25) is 4.57 Å². The second kappa shape index (κ2) is 8.98. The van der Waals surface area contributed by atoms with Crippen molar-refractivity contribution < 1.29 is 34.0 Å². The fourth-order valence-electron chi connectivity index (χ4n) is 4.03. The SMILES string of the molecule is CCC(C)(C[C@H]1O[C@@H](n2ccc3c(N)ncnc32)[C@H](O)[C@@H]1O)OP(=O)(O)C(O)(CC)CC. The third-order valence-electron chi connectivity index (χ3n) is 6.53. The maximum Gasteiger partial charge on any atom is 0.359 e. The zero-order valence-electron chi connectivity index (χ0n) is 18.7. The number of aliphatic hydroxyl groups is 3. The minimum Gasteiger partial charge on any atom is -0.388 e. The number of ether oxygens (including phenoxy) is 1. The van der Waals surface area contributed by atoms with Crippen LogP contribution in [-0.4, -0.2) is 64.0 Å². The second-order valence-electron chi connectivity index (χ2n) is 8.57. The minimum absolute atomic E-state index is 0.0165.